The van der Waals surface area contributed by atoms with Gasteiger partial charge in [-0.25, -0.2) is 24.3 Å². The van der Waals surface area contributed by atoms with Gasteiger partial charge in [0.05, 0.1) is 0 Å². The molecule has 0 saturated heterocycles. The van der Waals surface area contributed by atoms with E-state index in [4.69, 9.17) is 0 Å². The predicted octanol–water partition coefficient (Wildman–Crippen LogP) is 6.57. The molecular formula is C18H28Cl2Zr. The Hall–Kier alpha value is 0.163. The van der Waals surface area contributed by atoms with Gasteiger partial charge in [-0.2, -0.15) is 48.7 Å². The third-order valence-corrected chi connectivity index (χ3v) is 2.70. The van der Waals surface area contributed by atoms with E-state index in [1.807, 2.05) is 42.5 Å². The van der Waals surface area contributed by atoms with Crippen molar-refractivity contribution in [2.24, 2.45) is 0 Å². The maximum Gasteiger partial charge on any atom is 4.00 e. The molecule has 0 amide bonds. The minimum Gasteiger partial charge on any atom is -0.358 e. The Balaban J connectivity index is -0.0000000946. The summed E-state index contributed by atoms with van der Waals surface area (Å²) < 4.78 is 0. The summed E-state index contributed by atoms with van der Waals surface area (Å²) in [6.45, 7) is 2.08. The van der Waals surface area contributed by atoms with Crippen LogP contribution in [0.4, 0.5) is 0 Å². The Labute approximate surface area is 163 Å². The van der Waals surface area contributed by atoms with Crippen molar-refractivity contribution in [2.75, 3.05) is 0 Å². The summed E-state index contributed by atoms with van der Waals surface area (Å²) in [5.74, 6) is 0. The maximum absolute atomic E-state index is 2.39. The Morgan fingerprint density at radius 3 is 1.43 bits per heavy atom. The van der Waals surface area contributed by atoms with Gasteiger partial charge >= 0.3 is 26.2 Å². The van der Waals surface area contributed by atoms with Crippen molar-refractivity contribution in [1.29, 1.82) is 0 Å². The quantitative estimate of drug-likeness (QED) is 0.434. The van der Waals surface area contributed by atoms with Crippen LogP contribution < -0.4 is 0 Å². The van der Waals surface area contributed by atoms with Crippen LogP contribution in [0.2, 0.25) is 0 Å². The SMILES string of the molecule is C[c-]1cccc1.Cl.Cl.[CH-]1CCCCC1.[CH3-].[Zr+4].c1cc[cH-]c1. The summed E-state index contributed by atoms with van der Waals surface area (Å²) in [6, 6.07) is 18.2. The first-order valence-electron chi connectivity index (χ1n) is 6.56. The van der Waals surface area contributed by atoms with E-state index < -0.39 is 0 Å². The molecule has 2 aromatic carbocycles. The molecule has 1 aliphatic carbocycles. The Morgan fingerprint density at radius 2 is 1.29 bits per heavy atom. The molecule has 0 heterocycles. The standard InChI is InChI=1S/C6H7.C6H11.C5H5.CH3.2ClH.Zr/c1-6-4-2-3-5-6;1-2-4-6-5-3-1;1-2-4-5-3-1;;;;/h2-5H,1H3;1H,2-6H2;1-5H;1H3;2*1H;/q4*-1;;;+4. The van der Waals surface area contributed by atoms with Crippen LogP contribution in [0.5, 0.6) is 0 Å². The molecule has 0 unspecified atom stereocenters. The van der Waals surface area contributed by atoms with Gasteiger partial charge in [0.2, 0.25) is 0 Å². The van der Waals surface area contributed by atoms with Gasteiger partial charge in [0.25, 0.3) is 0 Å². The topological polar surface area (TPSA) is 0 Å². The summed E-state index contributed by atoms with van der Waals surface area (Å²) in [5, 5.41) is 0. The second-order valence-corrected chi connectivity index (χ2v) is 4.35. The fourth-order valence-corrected chi connectivity index (χ4v) is 1.69. The van der Waals surface area contributed by atoms with Gasteiger partial charge in [0.15, 0.2) is 0 Å². The first-order chi connectivity index (χ1) is 8.39. The first kappa shape index (κ1) is 29.2. The van der Waals surface area contributed by atoms with Crippen molar-refractivity contribution >= 4 is 24.8 Å². The Bertz CT molecular complexity index is 295. The van der Waals surface area contributed by atoms with Crippen molar-refractivity contribution in [3.05, 3.63) is 74.0 Å². The Kier molecular flexibility index (Phi) is 31.2. The minimum absolute atomic E-state index is 0. The zero-order valence-electron chi connectivity index (χ0n) is 13.1. The van der Waals surface area contributed by atoms with Crippen molar-refractivity contribution in [3.8, 4) is 0 Å². The first-order valence-corrected chi connectivity index (χ1v) is 6.56. The molecule has 3 heteroatoms. The normalized spacial score (nSPS) is 11.3. The number of halogens is 2. The second kappa shape index (κ2) is 22.4. The molecule has 0 aromatic heterocycles. The van der Waals surface area contributed by atoms with Crippen molar-refractivity contribution in [1.82, 2.24) is 0 Å². The summed E-state index contributed by atoms with van der Waals surface area (Å²) in [5.41, 5.74) is 1.34. The van der Waals surface area contributed by atoms with Crippen LogP contribution >= 0.6 is 24.8 Å². The van der Waals surface area contributed by atoms with Crippen LogP contribution in [-0.4, -0.2) is 0 Å². The van der Waals surface area contributed by atoms with E-state index in [-0.39, 0.29) is 58.4 Å². The molecule has 1 aliphatic rings. The van der Waals surface area contributed by atoms with Crippen molar-refractivity contribution in [3.63, 3.8) is 0 Å². The maximum atomic E-state index is 2.39. The van der Waals surface area contributed by atoms with E-state index in [2.05, 4.69) is 25.5 Å². The number of rotatable bonds is 0. The van der Waals surface area contributed by atoms with Crippen LogP contribution in [0.25, 0.3) is 0 Å². The fourth-order valence-electron chi connectivity index (χ4n) is 1.69. The average molecular weight is 407 g/mol. The van der Waals surface area contributed by atoms with E-state index in [9.17, 15) is 0 Å². The van der Waals surface area contributed by atoms with Crippen LogP contribution in [0.3, 0.4) is 0 Å². The number of hydrogen-bond donors (Lipinski definition) is 0. The summed E-state index contributed by atoms with van der Waals surface area (Å²) in [4.78, 5) is 0. The van der Waals surface area contributed by atoms with Crippen LogP contribution in [-0.2, 0) is 26.2 Å². The zero-order chi connectivity index (χ0) is 12.2. The average Bonchev–Trinajstić information content (AvgIpc) is 3.07. The molecule has 0 N–H and O–H groups in total. The molecule has 21 heavy (non-hydrogen) atoms. The van der Waals surface area contributed by atoms with Gasteiger partial charge in [-0.05, 0) is 0 Å². The summed E-state index contributed by atoms with van der Waals surface area (Å²) in [7, 11) is 0. The zero-order valence-corrected chi connectivity index (χ0v) is 17.2. The van der Waals surface area contributed by atoms with Gasteiger partial charge in [-0.15, -0.1) is 24.8 Å². The van der Waals surface area contributed by atoms with Gasteiger partial charge in [-0.1, -0.05) is 26.2 Å². The molecular weight excluding hydrogens is 378 g/mol. The van der Waals surface area contributed by atoms with E-state index >= 15 is 0 Å². The van der Waals surface area contributed by atoms with Crippen LogP contribution in [0, 0.1) is 20.8 Å². The molecule has 1 fully saturated rings. The fraction of sp³-hybridized carbons (Fsp3) is 0.333. The third kappa shape index (κ3) is 20.2. The van der Waals surface area contributed by atoms with E-state index in [0.717, 1.165) is 0 Å². The van der Waals surface area contributed by atoms with Gasteiger partial charge in [-0.3, -0.25) is 0 Å². The molecule has 0 aliphatic heterocycles. The molecule has 3 rings (SSSR count). The van der Waals surface area contributed by atoms with Gasteiger partial charge < -0.3 is 13.8 Å². The molecule has 2 aromatic rings. The summed E-state index contributed by atoms with van der Waals surface area (Å²) >= 11 is 0. The molecule has 0 nitrogen and oxygen atoms in total. The molecule has 0 bridgehead atoms. The monoisotopic (exact) mass is 404 g/mol. The minimum atomic E-state index is 0. The largest absolute Gasteiger partial charge is 4.00 e. The van der Waals surface area contributed by atoms with E-state index in [1.165, 1.54) is 37.7 Å². The molecule has 1 saturated carbocycles. The molecule has 0 atom stereocenters. The van der Waals surface area contributed by atoms with Crippen LogP contribution in [0.1, 0.15) is 37.7 Å². The van der Waals surface area contributed by atoms with Crippen molar-refractivity contribution < 1.29 is 26.2 Å². The Morgan fingerprint density at radius 1 is 0.810 bits per heavy atom. The van der Waals surface area contributed by atoms with E-state index in [0.29, 0.717) is 0 Å². The molecule has 0 spiro atoms. The smallest absolute Gasteiger partial charge is 0.358 e. The summed E-state index contributed by atoms with van der Waals surface area (Å²) in [6.07, 6.45) is 9.50. The van der Waals surface area contributed by atoms with Gasteiger partial charge in [0.1, 0.15) is 0 Å². The van der Waals surface area contributed by atoms with E-state index in [1.54, 1.807) is 0 Å². The molecule has 118 valence electrons. The number of hydrogen-bond acceptors (Lipinski definition) is 0. The second-order valence-electron chi connectivity index (χ2n) is 4.35. The third-order valence-electron chi connectivity index (χ3n) is 2.70. The number of aryl methyl sites for hydroxylation is 1. The molecule has 0 radical (unpaired) electrons. The predicted molar refractivity (Wildman–Crippen MR) is 97.1 cm³/mol. The van der Waals surface area contributed by atoms with Gasteiger partial charge in [0, 0.05) is 0 Å². The van der Waals surface area contributed by atoms with Crippen molar-refractivity contribution in [2.45, 2.75) is 39.0 Å². The van der Waals surface area contributed by atoms with Crippen LogP contribution in [0.15, 0.2) is 54.6 Å².